The van der Waals surface area contributed by atoms with Crippen LogP contribution in [0.15, 0.2) is 30.3 Å². The van der Waals surface area contributed by atoms with Gasteiger partial charge in [-0.2, -0.15) is 0 Å². The van der Waals surface area contributed by atoms with E-state index in [1.807, 2.05) is 13.8 Å². The summed E-state index contributed by atoms with van der Waals surface area (Å²) < 4.78 is 23.9. The maximum absolute atomic E-state index is 6.16. The molecule has 0 aliphatic carbocycles. The molecular weight excluding hydrogens is 356 g/mol. The Morgan fingerprint density at radius 3 is 2.57 bits per heavy atom. The quantitative estimate of drug-likeness (QED) is 0.660. The van der Waals surface area contributed by atoms with Crippen LogP contribution in [0.2, 0.25) is 0 Å². The molecule has 3 rings (SSSR count). The summed E-state index contributed by atoms with van der Waals surface area (Å²) in [7, 11) is 3.84. The second-order valence-corrected chi connectivity index (χ2v) is 8.56. The van der Waals surface area contributed by atoms with E-state index in [-0.39, 0.29) is 24.6 Å². The number of nitrogens with two attached hydrogens (primary N) is 1. The van der Waals surface area contributed by atoms with E-state index < -0.39 is 5.79 Å². The molecule has 2 aliphatic heterocycles. The maximum atomic E-state index is 6.16. The van der Waals surface area contributed by atoms with Crippen molar-refractivity contribution in [2.75, 3.05) is 27.2 Å². The molecular formula is C22H36N2O4. The van der Waals surface area contributed by atoms with E-state index in [2.05, 4.69) is 42.3 Å². The Hall–Kier alpha value is -1.02. The molecule has 1 aromatic rings. The van der Waals surface area contributed by atoms with Crippen LogP contribution >= 0.6 is 0 Å². The molecule has 5 atom stereocenters. The first-order chi connectivity index (χ1) is 13.4. The van der Waals surface area contributed by atoms with Gasteiger partial charge in [0.1, 0.15) is 12.2 Å². The second-order valence-electron chi connectivity index (χ2n) is 8.56. The van der Waals surface area contributed by atoms with Crippen LogP contribution in [0.1, 0.15) is 38.7 Å². The minimum Gasteiger partial charge on any atom is -0.353 e. The van der Waals surface area contributed by atoms with Crippen molar-refractivity contribution in [1.82, 2.24) is 4.90 Å². The van der Waals surface area contributed by atoms with Crippen molar-refractivity contribution in [3.05, 3.63) is 35.9 Å². The van der Waals surface area contributed by atoms with Crippen LogP contribution in [0.25, 0.3) is 0 Å². The van der Waals surface area contributed by atoms with E-state index in [0.29, 0.717) is 12.5 Å². The predicted molar refractivity (Wildman–Crippen MR) is 109 cm³/mol. The molecule has 2 heterocycles. The molecule has 158 valence electrons. The summed E-state index contributed by atoms with van der Waals surface area (Å²) in [6, 6.07) is 10.6. The summed E-state index contributed by atoms with van der Waals surface area (Å²) in [5.41, 5.74) is 7.12. The summed E-state index contributed by atoms with van der Waals surface area (Å²) in [6.07, 6.45) is 2.37. The number of methoxy groups -OCH3 is 1. The van der Waals surface area contributed by atoms with Gasteiger partial charge in [-0.05, 0) is 58.2 Å². The van der Waals surface area contributed by atoms with Gasteiger partial charge in [0, 0.05) is 20.2 Å². The number of hydrogen-bond donors (Lipinski definition) is 1. The van der Waals surface area contributed by atoms with Crippen molar-refractivity contribution in [1.29, 1.82) is 0 Å². The van der Waals surface area contributed by atoms with E-state index >= 15 is 0 Å². The fourth-order valence-corrected chi connectivity index (χ4v) is 4.44. The highest BCUT2D eigenvalue weighted by Crippen LogP contribution is 2.41. The predicted octanol–water partition coefficient (Wildman–Crippen LogP) is 2.76. The standard InChI is InChI=1S/C22H36N2O4/c1-22(2)27-19-18(26-21(25-4)20(19)28-22)13-17(11-8-12-23)15-24(3)14-16-9-6-5-7-10-16/h5-7,9-10,17-21H,8,11-15,23H2,1-4H3/t17-,18+,19?,20-,21+/m0/s1. The summed E-state index contributed by atoms with van der Waals surface area (Å²) in [5.74, 6) is -0.115. The molecule has 0 spiro atoms. The Balaban J connectivity index is 1.61. The Labute approximate surface area is 169 Å². The van der Waals surface area contributed by atoms with Crippen molar-refractivity contribution in [3.63, 3.8) is 0 Å². The van der Waals surface area contributed by atoms with Crippen LogP contribution in [0.3, 0.4) is 0 Å². The molecule has 0 saturated carbocycles. The number of rotatable bonds is 10. The zero-order valence-electron chi connectivity index (χ0n) is 17.7. The van der Waals surface area contributed by atoms with E-state index in [9.17, 15) is 0 Å². The van der Waals surface area contributed by atoms with Gasteiger partial charge in [-0.3, -0.25) is 0 Å². The van der Waals surface area contributed by atoms with Gasteiger partial charge in [0.2, 0.25) is 0 Å². The van der Waals surface area contributed by atoms with Gasteiger partial charge in [-0.25, -0.2) is 0 Å². The molecule has 28 heavy (non-hydrogen) atoms. The highest BCUT2D eigenvalue weighted by molar-refractivity contribution is 5.14. The normalized spacial score (nSPS) is 29.9. The molecule has 2 saturated heterocycles. The third kappa shape index (κ3) is 5.53. The molecule has 1 unspecified atom stereocenters. The lowest BCUT2D eigenvalue weighted by molar-refractivity contribution is -0.228. The number of fused-ring (bicyclic) bond motifs is 1. The van der Waals surface area contributed by atoms with Gasteiger partial charge in [0.05, 0.1) is 6.10 Å². The smallest absolute Gasteiger partial charge is 0.186 e. The zero-order chi connectivity index (χ0) is 20.1. The van der Waals surface area contributed by atoms with Gasteiger partial charge in [0.15, 0.2) is 12.1 Å². The topological polar surface area (TPSA) is 66.2 Å². The van der Waals surface area contributed by atoms with Crippen LogP contribution in [0, 0.1) is 5.92 Å². The van der Waals surface area contributed by atoms with Crippen LogP contribution in [0.4, 0.5) is 0 Å². The van der Waals surface area contributed by atoms with E-state index in [1.54, 1.807) is 7.11 Å². The van der Waals surface area contributed by atoms with Crippen molar-refractivity contribution >= 4 is 0 Å². The number of hydrogen-bond acceptors (Lipinski definition) is 6. The van der Waals surface area contributed by atoms with Crippen LogP contribution in [-0.4, -0.2) is 62.5 Å². The fraction of sp³-hybridized carbons (Fsp3) is 0.727. The summed E-state index contributed by atoms with van der Waals surface area (Å²) in [5, 5.41) is 0. The SMILES string of the molecule is CO[C@@H]1O[C@H](C[C@H](CCCN)CN(C)Cc2ccccc2)C2OC(C)(C)O[C@@H]21. The summed E-state index contributed by atoms with van der Waals surface area (Å²) in [6.45, 7) is 6.55. The number of ether oxygens (including phenoxy) is 4. The summed E-state index contributed by atoms with van der Waals surface area (Å²) >= 11 is 0. The first-order valence-corrected chi connectivity index (χ1v) is 10.4. The van der Waals surface area contributed by atoms with Crippen molar-refractivity contribution in [2.24, 2.45) is 11.7 Å². The Kier molecular flexibility index (Phi) is 7.48. The van der Waals surface area contributed by atoms with E-state index in [4.69, 9.17) is 24.7 Å². The van der Waals surface area contributed by atoms with Crippen LogP contribution in [-0.2, 0) is 25.5 Å². The monoisotopic (exact) mass is 392 g/mol. The third-order valence-corrected chi connectivity index (χ3v) is 5.59. The van der Waals surface area contributed by atoms with E-state index in [1.165, 1.54) is 5.56 Å². The molecule has 1 aromatic carbocycles. The molecule has 6 nitrogen and oxygen atoms in total. The Morgan fingerprint density at radius 1 is 1.18 bits per heavy atom. The maximum Gasteiger partial charge on any atom is 0.186 e. The van der Waals surface area contributed by atoms with E-state index in [0.717, 1.165) is 32.4 Å². The highest BCUT2D eigenvalue weighted by Gasteiger charge is 2.55. The molecule has 2 fully saturated rings. The van der Waals surface area contributed by atoms with Gasteiger partial charge >= 0.3 is 0 Å². The lowest BCUT2D eigenvalue weighted by Crippen LogP contribution is -2.34. The minimum absolute atomic E-state index is 0.0235. The lowest BCUT2D eigenvalue weighted by atomic mass is 9.93. The van der Waals surface area contributed by atoms with Crippen molar-refractivity contribution < 1.29 is 18.9 Å². The third-order valence-electron chi connectivity index (χ3n) is 5.59. The van der Waals surface area contributed by atoms with Gasteiger partial charge in [0.25, 0.3) is 0 Å². The second kappa shape index (κ2) is 9.65. The first kappa shape index (κ1) is 21.7. The number of benzene rings is 1. The molecule has 0 amide bonds. The van der Waals surface area contributed by atoms with Crippen molar-refractivity contribution in [3.8, 4) is 0 Å². The van der Waals surface area contributed by atoms with Gasteiger partial charge in [-0.1, -0.05) is 30.3 Å². The fourth-order valence-electron chi connectivity index (χ4n) is 4.44. The average molecular weight is 393 g/mol. The molecule has 0 radical (unpaired) electrons. The van der Waals surface area contributed by atoms with Gasteiger partial charge in [-0.15, -0.1) is 0 Å². The molecule has 6 heteroatoms. The molecule has 2 N–H and O–H groups in total. The first-order valence-electron chi connectivity index (χ1n) is 10.4. The minimum atomic E-state index is -0.592. The Bertz CT molecular complexity index is 597. The summed E-state index contributed by atoms with van der Waals surface area (Å²) in [4.78, 5) is 2.38. The Morgan fingerprint density at radius 2 is 1.89 bits per heavy atom. The zero-order valence-corrected chi connectivity index (χ0v) is 17.7. The molecule has 0 aromatic heterocycles. The van der Waals surface area contributed by atoms with Crippen LogP contribution in [0.5, 0.6) is 0 Å². The molecule has 0 bridgehead atoms. The number of nitrogens with zero attached hydrogens (tertiary/aromatic N) is 1. The van der Waals surface area contributed by atoms with Crippen molar-refractivity contribution in [2.45, 2.75) is 70.0 Å². The highest BCUT2D eigenvalue weighted by atomic mass is 16.8. The van der Waals surface area contributed by atoms with Crippen LogP contribution < -0.4 is 5.73 Å². The largest absolute Gasteiger partial charge is 0.353 e. The van der Waals surface area contributed by atoms with Gasteiger partial charge < -0.3 is 29.6 Å². The average Bonchev–Trinajstić information content (AvgIpc) is 3.13. The lowest BCUT2D eigenvalue weighted by Gasteiger charge is -2.28. The molecule has 2 aliphatic rings.